The van der Waals surface area contributed by atoms with Crippen LogP contribution in [0.4, 0.5) is 25.4 Å². The van der Waals surface area contributed by atoms with Crippen molar-refractivity contribution >= 4 is 39.7 Å². The summed E-state index contributed by atoms with van der Waals surface area (Å²) in [7, 11) is 1.51. The van der Waals surface area contributed by atoms with Crippen molar-refractivity contribution < 1.29 is 23.1 Å². The molecular formula is C20H18F2N4O3S. The summed E-state index contributed by atoms with van der Waals surface area (Å²) in [5.41, 5.74) is 11.9. The predicted molar refractivity (Wildman–Crippen MR) is 110 cm³/mol. The topological polar surface area (TPSA) is 112 Å². The average Bonchev–Trinajstić information content (AvgIpc) is 3.11. The third kappa shape index (κ3) is 4.08. The van der Waals surface area contributed by atoms with E-state index in [1.807, 2.05) is 0 Å². The number of primary amides is 1. The number of thiazole rings is 1. The normalized spacial score (nSPS) is 11.7. The van der Waals surface area contributed by atoms with Gasteiger partial charge in [-0.1, -0.05) is 11.3 Å². The molecule has 0 aliphatic rings. The Balaban J connectivity index is 2.04. The first kappa shape index (κ1) is 21.2. The molecule has 3 aromatic rings. The quantitative estimate of drug-likeness (QED) is 0.555. The van der Waals surface area contributed by atoms with Crippen molar-refractivity contribution in [2.24, 2.45) is 5.73 Å². The molecular weight excluding hydrogens is 414 g/mol. The van der Waals surface area contributed by atoms with E-state index >= 15 is 0 Å². The van der Waals surface area contributed by atoms with Crippen LogP contribution in [0.5, 0.6) is 5.75 Å². The lowest BCUT2D eigenvalue weighted by Crippen LogP contribution is -2.40. The zero-order valence-corrected chi connectivity index (χ0v) is 16.9. The molecule has 1 heterocycles. The maximum Gasteiger partial charge on any atom is 0.240 e. The lowest BCUT2D eigenvalue weighted by atomic mass is 10.1. The van der Waals surface area contributed by atoms with Gasteiger partial charge in [0.05, 0.1) is 7.11 Å². The van der Waals surface area contributed by atoms with E-state index in [-0.39, 0.29) is 27.3 Å². The number of aromatic nitrogens is 1. The number of ether oxygens (including phenoxy) is 1. The standard InChI is InChI=1S/C20H18F2N4O3S/c1-10(19(24)28)26(12-5-8-14(21)15(22)9-12)20-25-18(23)17(30-20)16(27)11-3-6-13(29-2)7-4-11/h3-10H,23H2,1-2H3,(H2,24,28). The molecule has 2 aromatic carbocycles. The fourth-order valence-corrected chi connectivity index (χ4v) is 3.77. The summed E-state index contributed by atoms with van der Waals surface area (Å²) in [6, 6.07) is 8.58. The van der Waals surface area contributed by atoms with Crippen LogP contribution >= 0.6 is 11.3 Å². The molecule has 1 amide bonds. The van der Waals surface area contributed by atoms with Crippen molar-refractivity contribution in [2.45, 2.75) is 13.0 Å². The van der Waals surface area contributed by atoms with E-state index in [9.17, 15) is 18.4 Å². The second kappa shape index (κ2) is 8.46. The number of carbonyl (C=O) groups excluding carboxylic acids is 2. The number of nitrogens with two attached hydrogens (primary N) is 2. The van der Waals surface area contributed by atoms with Gasteiger partial charge in [0.1, 0.15) is 22.5 Å². The highest BCUT2D eigenvalue weighted by atomic mass is 32.1. The lowest BCUT2D eigenvalue weighted by Gasteiger charge is -2.26. The molecule has 1 atom stereocenters. The molecule has 0 radical (unpaired) electrons. The molecule has 0 bridgehead atoms. The Labute approximate surface area is 174 Å². The van der Waals surface area contributed by atoms with Crippen molar-refractivity contribution in [1.82, 2.24) is 4.98 Å². The van der Waals surface area contributed by atoms with Crippen molar-refractivity contribution in [3.8, 4) is 5.75 Å². The molecule has 3 rings (SSSR count). The van der Waals surface area contributed by atoms with Crippen LogP contribution in [0.2, 0.25) is 0 Å². The van der Waals surface area contributed by atoms with Gasteiger partial charge in [0.2, 0.25) is 11.7 Å². The van der Waals surface area contributed by atoms with Gasteiger partial charge in [-0.05, 0) is 43.3 Å². The minimum atomic E-state index is -1.10. The number of nitrogen functional groups attached to an aromatic ring is 1. The summed E-state index contributed by atoms with van der Waals surface area (Å²) in [6.45, 7) is 1.48. The van der Waals surface area contributed by atoms with Gasteiger partial charge in [-0.2, -0.15) is 0 Å². The number of rotatable bonds is 7. The second-order valence-corrected chi connectivity index (χ2v) is 7.29. The van der Waals surface area contributed by atoms with E-state index in [1.165, 1.54) is 25.0 Å². The third-order valence-corrected chi connectivity index (χ3v) is 5.46. The molecule has 0 spiro atoms. The molecule has 30 heavy (non-hydrogen) atoms. The number of hydrogen-bond donors (Lipinski definition) is 2. The number of carbonyl (C=O) groups is 2. The van der Waals surface area contributed by atoms with Crippen LogP contribution in [0.25, 0.3) is 0 Å². The largest absolute Gasteiger partial charge is 0.497 e. The van der Waals surface area contributed by atoms with Gasteiger partial charge in [0, 0.05) is 17.3 Å². The first-order valence-corrected chi connectivity index (χ1v) is 9.53. The van der Waals surface area contributed by atoms with Crippen LogP contribution in [0.3, 0.4) is 0 Å². The van der Waals surface area contributed by atoms with Gasteiger partial charge in [0.25, 0.3) is 0 Å². The van der Waals surface area contributed by atoms with Crippen LogP contribution in [-0.4, -0.2) is 29.8 Å². The molecule has 0 aliphatic heterocycles. The van der Waals surface area contributed by atoms with Crippen molar-refractivity contribution in [3.05, 3.63) is 64.5 Å². The van der Waals surface area contributed by atoms with Gasteiger partial charge >= 0.3 is 0 Å². The van der Waals surface area contributed by atoms with E-state index in [0.29, 0.717) is 11.3 Å². The third-order valence-electron chi connectivity index (χ3n) is 4.39. The average molecular weight is 432 g/mol. The maximum absolute atomic E-state index is 13.8. The highest BCUT2D eigenvalue weighted by Gasteiger charge is 2.28. The zero-order chi connectivity index (χ0) is 22.0. The second-order valence-electron chi connectivity index (χ2n) is 6.32. The Morgan fingerprint density at radius 1 is 1.13 bits per heavy atom. The molecule has 4 N–H and O–H groups in total. The maximum atomic E-state index is 13.8. The predicted octanol–water partition coefficient (Wildman–Crippen LogP) is 3.26. The monoisotopic (exact) mass is 432 g/mol. The minimum absolute atomic E-state index is 0.0555. The number of benzene rings is 2. The zero-order valence-electron chi connectivity index (χ0n) is 16.1. The summed E-state index contributed by atoms with van der Waals surface area (Å²) in [6.07, 6.45) is 0. The highest BCUT2D eigenvalue weighted by Crippen LogP contribution is 2.36. The highest BCUT2D eigenvalue weighted by molar-refractivity contribution is 7.18. The SMILES string of the molecule is COc1ccc(C(=O)c2sc(N(c3ccc(F)c(F)c3)C(C)C(N)=O)nc2N)cc1. The van der Waals surface area contributed by atoms with Crippen LogP contribution in [-0.2, 0) is 4.79 Å². The van der Waals surface area contributed by atoms with Crippen molar-refractivity contribution in [3.63, 3.8) is 0 Å². The minimum Gasteiger partial charge on any atom is -0.497 e. The summed E-state index contributed by atoms with van der Waals surface area (Å²) < 4.78 is 32.2. The molecule has 7 nitrogen and oxygen atoms in total. The Bertz CT molecular complexity index is 1100. The number of halogens is 2. The van der Waals surface area contributed by atoms with Crippen molar-refractivity contribution in [1.29, 1.82) is 0 Å². The van der Waals surface area contributed by atoms with Gasteiger partial charge in [-0.3, -0.25) is 9.59 Å². The van der Waals surface area contributed by atoms with E-state index < -0.39 is 23.6 Å². The Morgan fingerprint density at radius 3 is 2.37 bits per heavy atom. The van der Waals surface area contributed by atoms with E-state index in [0.717, 1.165) is 23.5 Å². The molecule has 0 aliphatic carbocycles. The Kier molecular flexibility index (Phi) is 5.97. The first-order valence-electron chi connectivity index (χ1n) is 8.71. The number of hydrogen-bond acceptors (Lipinski definition) is 7. The van der Waals surface area contributed by atoms with Gasteiger partial charge in [0.15, 0.2) is 16.8 Å². The van der Waals surface area contributed by atoms with Crippen LogP contribution in [0.15, 0.2) is 42.5 Å². The number of anilines is 3. The lowest BCUT2D eigenvalue weighted by molar-refractivity contribution is -0.118. The molecule has 1 unspecified atom stereocenters. The van der Waals surface area contributed by atoms with E-state index in [1.54, 1.807) is 24.3 Å². The number of ketones is 1. The summed E-state index contributed by atoms with van der Waals surface area (Å²) >= 11 is 0.916. The first-order chi connectivity index (χ1) is 14.2. The number of nitrogens with zero attached hydrogens (tertiary/aromatic N) is 2. The van der Waals surface area contributed by atoms with Gasteiger partial charge in [-0.15, -0.1) is 0 Å². The Hall–Kier alpha value is -3.53. The molecule has 156 valence electrons. The molecule has 10 heteroatoms. The smallest absolute Gasteiger partial charge is 0.240 e. The van der Waals surface area contributed by atoms with Crippen LogP contribution in [0, 0.1) is 11.6 Å². The van der Waals surface area contributed by atoms with Crippen molar-refractivity contribution in [2.75, 3.05) is 17.7 Å². The van der Waals surface area contributed by atoms with Gasteiger partial charge < -0.3 is 21.1 Å². The number of amides is 1. The fraction of sp³-hybridized carbons (Fsp3) is 0.150. The van der Waals surface area contributed by atoms with E-state index in [4.69, 9.17) is 16.2 Å². The molecule has 0 fully saturated rings. The summed E-state index contributed by atoms with van der Waals surface area (Å²) in [5, 5.41) is 0.140. The number of methoxy groups -OCH3 is 1. The molecule has 1 aromatic heterocycles. The van der Waals surface area contributed by atoms with E-state index in [2.05, 4.69) is 4.98 Å². The van der Waals surface area contributed by atoms with Gasteiger partial charge in [-0.25, -0.2) is 13.8 Å². The van der Waals surface area contributed by atoms with Crippen LogP contribution < -0.4 is 21.1 Å². The molecule has 0 saturated heterocycles. The Morgan fingerprint density at radius 2 is 1.80 bits per heavy atom. The summed E-state index contributed by atoms with van der Waals surface area (Å²) in [5.74, 6) is -2.72. The summed E-state index contributed by atoms with van der Waals surface area (Å²) in [4.78, 5) is 30.3. The molecule has 0 saturated carbocycles. The van der Waals surface area contributed by atoms with Crippen LogP contribution in [0.1, 0.15) is 22.2 Å². The fourth-order valence-electron chi connectivity index (χ4n) is 2.72.